The third-order valence-corrected chi connectivity index (χ3v) is 5.07. The highest BCUT2D eigenvalue weighted by Gasteiger charge is 2.24. The predicted molar refractivity (Wildman–Crippen MR) is 77.5 cm³/mol. The number of aromatic carboxylic acids is 1. The molecule has 0 unspecified atom stereocenters. The smallest absolute Gasteiger partial charge is 0.339 e. The van der Waals surface area contributed by atoms with Crippen molar-refractivity contribution in [1.82, 2.24) is 15.3 Å². The summed E-state index contributed by atoms with van der Waals surface area (Å²) in [6, 6.07) is 0. The third-order valence-electron chi connectivity index (χ3n) is 3.49. The molecule has 0 saturated heterocycles. The molecule has 0 atom stereocenters. The summed E-state index contributed by atoms with van der Waals surface area (Å²) in [5.41, 5.74) is 0.697. The van der Waals surface area contributed by atoms with E-state index in [0.717, 1.165) is 19.4 Å². The minimum absolute atomic E-state index is 0.165. The van der Waals surface area contributed by atoms with E-state index in [1.165, 1.54) is 12.5 Å². The van der Waals surface area contributed by atoms with E-state index in [4.69, 9.17) is 5.11 Å². The number of nitrogens with one attached hydrogen (secondary N) is 1. The molecule has 1 aromatic rings. The van der Waals surface area contributed by atoms with Crippen molar-refractivity contribution in [3.05, 3.63) is 23.8 Å². The molecule has 0 bridgehead atoms. The minimum Gasteiger partial charge on any atom is -0.478 e. The van der Waals surface area contributed by atoms with E-state index in [2.05, 4.69) is 35.4 Å². The molecule has 0 radical (unpaired) electrons. The number of carbonyl (C=O) groups is 1. The lowest BCUT2D eigenvalue weighted by molar-refractivity contribution is 0.0694. The Morgan fingerprint density at radius 3 is 2.68 bits per heavy atom. The Bertz CT molecular complexity index is 414. The largest absolute Gasteiger partial charge is 0.478 e. The van der Waals surface area contributed by atoms with Gasteiger partial charge in [-0.15, -0.1) is 0 Å². The summed E-state index contributed by atoms with van der Waals surface area (Å²) in [7, 11) is 0. The second-order valence-electron chi connectivity index (χ2n) is 4.39. The summed E-state index contributed by atoms with van der Waals surface area (Å²) in [5.74, 6) is -0.987. The van der Waals surface area contributed by atoms with Gasteiger partial charge in [0.25, 0.3) is 0 Å². The maximum absolute atomic E-state index is 11.0. The number of hydrogen-bond acceptors (Lipinski definition) is 5. The maximum atomic E-state index is 11.0. The zero-order chi connectivity index (χ0) is 14.3. The van der Waals surface area contributed by atoms with Gasteiger partial charge >= 0.3 is 5.97 Å². The molecule has 1 aromatic heterocycles. The fraction of sp³-hybridized carbons (Fsp3) is 0.615. The average Bonchev–Trinajstić information content (AvgIpc) is 2.44. The van der Waals surface area contributed by atoms with Crippen LogP contribution in [0.4, 0.5) is 0 Å². The van der Waals surface area contributed by atoms with Gasteiger partial charge < -0.3 is 10.4 Å². The molecule has 5 nitrogen and oxygen atoms in total. The zero-order valence-corrected chi connectivity index (χ0v) is 12.5. The van der Waals surface area contributed by atoms with Gasteiger partial charge in [-0.1, -0.05) is 13.8 Å². The van der Waals surface area contributed by atoms with Crippen molar-refractivity contribution in [2.24, 2.45) is 0 Å². The summed E-state index contributed by atoms with van der Waals surface area (Å²) in [5, 5.41) is 12.4. The fourth-order valence-electron chi connectivity index (χ4n) is 1.94. The molecular formula is C13H21N3O2S. The lowest BCUT2D eigenvalue weighted by atomic mass is 10.0. The number of nitrogens with zero attached hydrogens (tertiary/aromatic N) is 2. The van der Waals surface area contributed by atoms with Gasteiger partial charge in [-0.2, -0.15) is 11.8 Å². The van der Waals surface area contributed by atoms with Crippen LogP contribution in [0.3, 0.4) is 0 Å². The highest BCUT2D eigenvalue weighted by molar-refractivity contribution is 8.00. The van der Waals surface area contributed by atoms with Crippen LogP contribution in [0.25, 0.3) is 0 Å². The molecule has 0 aliphatic heterocycles. The second-order valence-corrected chi connectivity index (χ2v) is 5.66. The number of hydrogen-bond donors (Lipinski definition) is 2. The van der Waals surface area contributed by atoms with Crippen molar-refractivity contribution in [2.75, 3.05) is 12.8 Å². The van der Waals surface area contributed by atoms with Crippen LogP contribution in [0.1, 0.15) is 42.7 Å². The standard InChI is InChI=1S/C13H21N3O2S/c1-4-13(5-2,19-3)8-14-7-11-10(12(17)18)6-15-9-16-11/h6,9,14H,4-5,7-8H2,1-3H3,(H,17,18). The Morgan fingerprint density at radius 2 is 2.16 bits per heavy atom. The van der Waals surface area contributed by atoms with E-state index in [0.29, 0.717) is 12.2 Å². The van der Waals surface area contributed by atoms with Gasteiger partial charge in [0.15, 0.2) is 0 Å². The molecule has 19 heavy (non-hydrogen) atoms. The highest BCUT2D eigenvalue weighted by atomic mass is 32.2. The van der Waals surface area contributed by atoms with Gasteiger partial charge in [-0.05, 0) is 19.1 Å². The Labute approximate surface area is 118 Å². The van der Waals surface area contributed by atoms with Crippen molar-refractivity contribution in [3.63, 3.8) is 0 Å². The summed E-state index contributed by atoms with van der Waals surface area (Å²) >= 11 is 1.85. The first-order valence-electron chi connectivity index (χ1n) is 6.36. The number of thioether (sulfide) groups is 1. The average molecular weight is 283 g/mol. The topological polar surface area (TPSA) is 75.1 Å². The van der Waals surface area contributed by atoms with Crippen LogP contribution in [0, 0.1) is 0 Å². The Balaban J connectivity index is 2.65. The molecule has 0 fully saturated rings. The van der Waals surface area contributed by atoms with E-state index in [1.54, 1.807) is 0 Å². The van der Waals surface area contributed by atoms with Crippen LogP contribution < -0.4 is 5.32 Å². The van der Waals surface area contributed by atoms with E-state index in [-0.39, 0.29) is 10.3 Å². The SMILES string of the molecule is CCC(CC)(CNCc1ncncc1C(=O)O)SC. The quantitative estimate of drug-likeness (QED) is 0.761. The van der Waals surface area contributed by atoms with Crippen LogP contribution in [0.2, 0.25) is 0 Å². The molecule has 106 valence electrons. The molecule has 0 aliphatic rings. The second kappa shape index (κ2) is 7.45. The van der Waals surface area contributed by atoms with Gasteiger partial charge in [-0.3, -0.25) is 0 Å². The van der Waals surface area contributed by atoms with E-state index >= 15 is 0 Å². The minimum atomic E-state index is -0.987. The normalized spacial score (nSPS) is 11.5. The van der Waals surface area contributed by atoms with Crippen LogP contribution in [0.5, 0.6) is 0 Å². The van der Waals surface area contributed by atoms with Crippen molar-refractivity contribution in [1.29, 1.82) is 0 Å². The number of rotatable bonds is 8. The molecular weight excluding hydrogens is 262 g/mol. The Morgan fingerprint density at radius 1 is 1.47 bits per heavy atom. The molecule has 1 heterocycles. The van der Waals surface area contributed by atoms with Gasteiger partial charge in [0, 0.05) is 24.0 Å². The molecule has 0 aromatic carbocycles. The van der Waals surface area contributed by atoms with E-state index < -0.39 is 5.97 Å². The number of aromatic nitrogens is 2. The molecule has 6 heteroatoms. The van der Waals surface area contributed by atoms with E-state index in [1.807, 2.05) is 11.8 Å². The van der Waals surface area contributed by atoms with Gasteiger partial charge in [0.1, 0.15) is 11.9 Å². The van der Waals surface area contributed by atoms with Crippen LogP contribution >= 0.6 is 11.8 Å². The summed E-state index contributed by atoms with van der Waals surface area (Å²) in [6.07, 6.45) is 6.99. The Kier molecular flexibility index (Phi) is 6.24. The van der Waals surface area contributed by atoms with Gasteiger partial charge in [0.2, 0.25) is 0 Å². The van der Waals surface area contributed by atoms with Crippen molar-refractivity contribution < 1.29 is 9.90 Å². The van der Waals surface area contributed by atoms with Crippen molar-refractivity contribution >= 4 is 17.7 Å². The van der Waals surface area contributed by atoms with Crippen LogP contribution in [0.15, 0.2) is 12.5 Å². The molecule has 0 aliphatic carbocycles. The number of carboxylic acid groups (broad SMARTS) is 1. The number of carboxylic acids is 1. The third kappa shape index (κ3) is 4.18. The van der Waals surface area contributed by atoms with Gasteiger partial charge in [-0.25, -0.2) is 14.8 Å². The monoisotopic (exact) mass is 283 g/mol. The first kappa shape index (κ1) is 15.9. The Hall–Kier alpha value is -1.14. The summed E-state index contributed by atoms with van der Waals surface area (Å²) < 4.78 is 0.205. The van der Waals surface area contributed by atoms with E-state index in [9.17, 15) is 4.79 Å². The highest BCUT2D eigenvalue weighted by Crippen LogP contribution is 2.29. The van der Waals surface area contributed by atoms with Crippen LogP contribution in [-0.2, 0) is 6.54 Å². The van der Waals surface area contributed by atoms with Crippen molar-refractivity contribution in [2.45, 2.75) is 38.0 Å². The lowest BCUT2D eigenvalue weighted by Crippen LogP contribution is -2.36. The first-order chi connectivity index (χ1) is 9.08. The molecule has 0 saturated carbocycles. The molecule has 2 N–H and O–H groups in total. The fourth-order valence-corrected chi connectivity index (χ4v) is 2.77. The van der Waals surface area contributed by atoms with Crippen molar-refractivity contribution in [3.8, 4) is 0 Å². The zero-order valence-electron chi connectivity index (χ0n) is 11.6. The maximum Gasteiger partial charge on any atom is 0.339 e. The molecule has 1 rings (SSSR count). The molecule has 0 spiro atoms. The molecule has 0 amide bonds. The summed E-state index contributed by atoms with van der Waals surface area (Å²) in [4.78, 5) is 18.8. The first-order valence-corrected chi connectivity index (χ1v) is 7.59. The lowest BCUT2D eigenvalue weighted by Gasteiger charge is -2.30. The van der Waals surface area contributed by atoms with Gasteiger partial charge in [0.05, 0.1) is 5.69 Å². The summed E-state index contributed by atoms with van der Waals surface area (Å²) in [6.45, 7) is 5.64. The van der Waals surface area contributed by atoms with Crippen LogP contribution in [-0.4, -0.2) is 38.6 Å². The predicted octanol–water partition coefficient (Wildman–Crippen LogP) is 2.19.